The minimum absolute atomic E-state index is 0.0435. The molecule has 0 aromatic carbocycles. The van der Waals surface area contributed by atoms with E-state index in [4.69, 9.17) is 0 Å². The summed E-state index contributed by atoms with van der Waals surface area (Å²) in [5.41, 5.74) is 3.84. The van der Waals surface area contributed by atoms with Crippen molar-refractivity contribution in [2.75, 3.05) is 13.1 Å². The van der Waals surface area contributed by atoms with Crippen LogP contribution in [0.15, 0.2) is 17.2 Å². The zero-order valence-corrected chi connectivity index (χ0v) is 17.2. The number of carbonyl (C=O) groups is 1. The van der Waals surface area contributed by atoms with E-state index in [0.717, 1.165) is 36.0 Å². The molecule has 7 heteroatoms. The molecule has 0 bridgehead atoms. The van der Waals surface area contributed by atoms with Crippen molar-refractivity contribution < 1.29 is 4.79 Å². The van der Waals surface area contributed by atoms with E-state index < -0.39 is 0 Å². The van der Waals surface area contributed by atoms with Gasteiger partial charge in [-0.2, -0.15) is 5.10 Å². The fraction of sp³-hybridized carbons (Fsp3) is 0.579. The molecule has 0 unspecified atom stereocenters. The predicted octanol–water partition coefficient (Wildman–Crippen LogP) is 3.04. The first-order valence-electron chi connectivity index (χ1n) is 9.21. The van der Waals surface area contributed by atoms with Crippen LogP contribution in [0.25, 0.3) is 0 Å². The molecular formula is C19H29N5OS. The largest absolute Gasteiger partial charge is 0.347 e. The second-order valence-corrected chi connectivity index (χ2v) is 8.48. The molecule has 6 nitrogen and oxygen atoms in total. The van der Waals surface area contributed by atoms with Crippen LogP contribution in [0, 0.1) is 19.8 Å². The Morgan fingerprint density at radius 2 is 2.00 bits per heavy atom. The average Bonchev–Trinajstić information content (AvgIpc) is 3.07. The van der Waals surface area contributed by atoms with Crippen molar-refractivity contribution in [1.82, 2.24) is 24.0 Å². The van der Waals surface area contributed by atoms with E-state index in [-0.39, 0.29) is 5.91 Å². The van der Waals surface area contributed by atoms with Crippen molar-refractivity contribution in [3.05, 3.63) is 34.9 Å². The molecule has 0 saturated carbocycles. The summed E-state index contributed by atoms with van der Waals surface area (Å²) in [6, 6.07) is 2.02. The summed E-state index contributed by atoms with van der Waals surface area (Å²) < 4.78 is 6.18. The van der Waals surface area contributed by atoms with Crippen LogP contribution >= 0.6 is 11.9 Å². The number of aromatic nitrogens is 3. The van der Waals surface area contributed by atoms with Crippen LogP contribution in [0.5, 0.6) is 0 Å². The zero-order valence-electron chi connectivity index (χ0n) is 16.4. The van der Waals surface area contributed by atoms with E-state index in [1.165, 1.54) is 17.7 Å². The van der Waals surface area contributed by atoms with Crippen molar-refractivity contribution in [1.29, 1.82) is 0 Å². The third kappa shape index (κ3) is 4.15. The van der Waals surface area contributed by atoms with Gasteiger partial charge in [0, 0.05) is 56.1 Å². The highest BCUT2D eigenvalue weighted by Gasteiger charge is 2.21. The van der Waals surface area contributed by atoms with Crippen molar-refractivity contribution >= 4 is 17.9 Å². The standard InChI is InChI=1S/C19H29N5OS/c1-13-6-8-24(9-7-13)26-18-10-17(23(5)15(18)3)19(25)20-11-16-12-22(4)21-14(16)2/h10,12-13H,6-9,11H2,1-5H3,(H,20,25). The zero-order chi connectivity index (χ0) is 18.8. The van der Waals surface area contributed by atoms with Crippen LogP contribution in [0.3, 0.4) is 0 Å². The highest BCUT2D eigenvalue weighted by atomic mass is 32.2. The Labute approximate surface area is 160 Å². The summed E-state index contributed by atoms with van der Waals surface area (Å²) in [5.74, 6) is 0.777. The fourth-order valence-corrected chi connectivity index (χ4v) is 4.39. The fourth-order valence-electron chi connectivity index (χ4n) is 3.29. The highest BCUT2D eigenvalue weighted by molar-refractivity contribution is 7.97. The molecule has 1 N–H and O–H groups in total. The number of hydrogen-bond acceptors (Lipinski definition) is 4. The lowest BCUT2D eigenvalue weighted by Gasteiger charge is -2.28. The number of rotatable bonds is 5. The van der Waals surface area contributed by atoms with Crippen LogP contribution in [0.2, 0.25) is 0 Å². The second-order valence-electron chi connectivity index (χ2n) is 7.34. The molecule has 26 heavy (non-hydrogen) atoms. The van der Waals surface area contributed by atoms with E-state index >= 15 is 0 Å². The Hall–Kier alpha value is -1.73. The van der Waals surface area contributed by atoms with Gasteiger partial charge in [-0.3, -0.25) is 9.48 Å². The summed E-state index contributed by atoms with van der Waals surface area (Å²) in [6.45, 7) is 9.08. The molecule has 1 fully saturated rings. The first-order chi connectivity index (χ1) is 12.3. The third-order valence-electron chi connectivity index (χ3n) is 5.25. The smallest absolute Gasteiger partial charge is 0.268 e. The molecule has 3 rings (SSSR count). The van der Waals surface area contributed by atoms with E-state index in [9.17, 15) is 4.79 Å². The molecule has 3 heterocycles. The van der Waals surface area contributed by atoms with Crippen LogP contribution in [0.1, 0.15) is 47.2 Å². The molecule has 0 radical (unpaired) electrons. The first-order valence-corrected chi connectivity index (χ1v) is 9.99. The number of piperidine rings is 1. The Bertz CT molecular complexity index is 786. The quantitative estimate of drug-likeness (QED) is 0.816. The number of hydrogen-bond donors (Lipinski definition) is 1. The van der Waals surface area contributed by atoms with Crippen molar-refractivity contribution in [3.8, 4) is 0 Å². The molecule has 1 aliphatic heterocycles. The number of amides is 1. The topological polar surface area (TPSA) is 55.1 Å². The van der Waals surface area contributed by atoms with E-state index in [0.29, 0.717) is 12.2 Å². The maximum absolute atomic E-state index is 12.7. The SMILES string of the molecule is Cc1nn(C)cc1CNC(=O)c1cc(SN2CCC(C)CC2)c(C)n1C. The maximum Gasteiger partial charge on any atom is 0.268 e. The number of nitrogens with zero attached hydrogens (tertiary/aromatic N) is 4. The van der Waals surface area contributed by atoms with Gasteiger partial charge >= 0.3 is 0 Å². The normalized spacial score (nSPS) is 16.2. The van der Waals surface area contributed by atoms with Gasteiger partial charge in [0.05, 0.1) is 5.69 Å². The third-order valence-corrected chi connectivity index (χ3v) is 6.48. The Morgan fingerprint density at radius 3 is 2.62 bits per heavy atom. The number of nitrogens with one attached hydrogen (secondary N) is 1. The lowest BCUT2D eigenvalue weighted by molar-refractivity contribution is 0.0942. The molecule has 0 spiro atoms. The summed E-state index contributed by atoms with van der Waals surface area (Å²) in [5, 5.41) is 7.34. The molecule has 2 aromatic rings. The maximum atomic E-state index is 12.7. The minimum atomic E-state index is -0.0435. The molecule has 0 aliphatic carbocycles. The molecule has 1 aliphatic rings. The van der Waals surface area contributed by atoms with Crippen LogP contribution in [-0.4, -0.2) is 37.6 Å². The van der Waals surface area contributed by atoms with Crippen molar-refractivity contribution in [3.63, 3.8) is 0 Å². The van der Waals surface area contributed by atoms with Gasteiger partial charge in [0.2, 0.25) is 0 Å². The minimum Gasteiger partial charge on any atom is -0.347 e. The van der Waals surface area contributed by atoms with E-state index in [2.05, 4.69) is 28.6 Å². The van der Waals surface area contributed by atoms with Gasteiger partial charge in [0.15, 0.2) is 0 Å². The molecule has 142 valence electrons. The van der Waals surface area contributed by atoms with E-state index in [1.807, 2.05) is 37.8 Å². The summed E-state index contributed by atoms with van der Waals surface area (Å²) in [7, 11) is 3.85. The molecule has 1 amide bonds. The lowest BCUT2D eigenvalue weighted by Crippen LogP contribution is -2.27. The van der Waals surface area contributed by atoms with Gasteiger partial charge in [-0.15, -0.1) is 0 Å². The van der Waals surface area contributed by atoms with Crippen molar-refractivity contribution in [2.45, 2.75) is 45.1 Å². The Morgan fingerprint density at radius 1 is 1.31 bits per heavy atom. The van der Waals surface area contributed by atoms with Gasteiger partial charge in [-0.25, -0.2) is 4.31 Å². The van der Waals surface area contributed by atoms with Crippen LogP contribution < -0.4 is 5.32 Å². The van der Waals surface area contributed by atoms with Crippen LogP contribution in [-0.2, 0) is 20.6 Å². The van der Waals surface area contributed by atoms with Crippen molar-refractivity contribution in [2.24, 2.45) is 20.0 Å². The second kappa shape index (κ2) is 7.88. The van der Waals surface area contributed by atoms with Crippen LogP contribution in [0.4, 0.5) is 0 Å². The van der Waals surface area contributed by atoms with Gasteiger partial charge in [0.1, 0.15) is 5.69 Å². The highest BCUT2D eigenvalue weighted by Crippen LogP contribution is 2.31. The molecule has 2 aromatic heterocycles. The number of carbonyl (C=O) groups excluding carboxylic acids is 1. The van der Waals surface area contributed by atoms with Gasteiger partial charge < -0.3 is 9.88 Å². The Kier molecular flexibility index (Phi) is 5.77. The first kappa shape index (κ1) is 19.0. The Balaban J connectivity index is 1.66. The van der Waals surface area contributed by atoms with Gasteiger partial charge in [0.25, 0.3) is 5.91 Å². The van der Waals surface area contributed by atoms with E-state index in [1.54, 1.807) is 16.6 Å². The predicted molar refractivity (Wildman–Crippen MR) is 105 cm³/mol. The summed E-state index contributed by atoms with van der Waals surface area (Å²) in [4.78, 5) is 13.8. The lowest BCUT2D eigenvalue weighted by atomic mass is 10.0. The summed E-state index contributed by atoms with van der Waals surface area (Å²) in [6.07, 6.45) is 4.44. The summed E-state index contributed by atoms with van der Waals surface area (Å²) >= 11 is 1.79. The monoisotopic (exact) mass is 375 g/mol. The molecule has 1 saturated heterocycles. The molecule has 0 atom stereocenters. The molecular weight excluding hydrogens is 346 g/mol. The average molecular weight is 376 g/mol. The van der Waals surface area contributed by atoms with Gasteiger partial charge in [-0.1, -0.05) is 6.92 Å². The number of aryl methyl sites for hydroxylation is 2. The van der Waals surface area contributed by atoms with Gasteiger partial charge in [-0.05, 0) is 50.6 Å².